The molecule has 0 amide bonds. The van der Waals surface area contributed by atoms with E-state index in [9.17, 15) is 0 Å². The van der Waals surface area contributed by atoms with Crippen LogP contribution >= 0.6 is 0 Å². The van der Waals surface area contributed by atoms with Gasteiger partial charge in [0.1, 0.15) is 11.3 Å². The highest BCUT2D eigenvalue weighted by atomic mass is 16.5. The molecule has 1 aromatic carbocycles. The van der Waals surface area contributed by atoms with E-state index in [1.54, 1.807) is 0 Å². The van der Waals surface area contributed by atoms with E-state index in [2.05, 4.69) is 24.0 Å². The van der Waals surface area contributed by atoms with Gasteiger partial charge >= 0.3 is 0 Å². The van der Waals surface area contributed by atoms with E-state index in [4.69, 9.17) is 19.7 Å². The van der Waals surface area contributed by atoms with E-state index in [1.165, 1.54) is 0 Å². The lowest BCUT2D eigenvalue weighted by molar-refractivity contribution is -0.162. The summed E-state index contributed by atoms with van der Waals surface area (Å²) in [6.07, 6.45) is 0.781. The van der Waals surface area contributed by atoms with Crippen molar-refractivity contribution in [2.75, 3.05) is 6.61 Å². The molecule has 124 valence electrons. The number of hydrogen-bond donors (Lipinski definition) is 1. The molecule has 6 heteroatoms. The molecule has 1 saturated carbocycles. The fourth-order valence-electron chi connectivity index (χ4n) is 2.96. The molecule has 2 atom stereocenters. The van der Waals surface area contributed by atoms with Gasteiger partial charge in [-0.05, 0) is 19.1 Å². The second-order valence-electron chi connectivity index (χ2n) is 6.46. The number of hydrogen-bond acceptors (Lipinski definition) is 6. The van der Waals surface area contributed by atoms with E-state index in [0.29, 0.717) is 24.7 Å². The number of ether oxygens (including phenoxy) is 2. The maximum absolute atomic E-state index is 6.53. The minimum Gasteiger partial charge on any atom is -0.485 e. The zero-order valence-corrected chi connectivity index (χ0v) is 13.8. The fraction of sp³-hybridized carbons (Fsp3) is 0.529. The predicted molar refractivity (Wildman–Crippen MR) is 84.7 cm³/mol. The van der Waals surface area contributed by atoms with E-state index in [0.717, 1.165) is 5.75 Å². The molecule has 2 aromatic rings. The molecule has 2 unspecified atom stereocenters. The molecular weight excluding hydrogens is 294 g/mol. The summed E-state index contributed by atoms with van der Waals surface area (Å²) in [4.78, 5) is 4.43. The summed E-state index contributed by atoms with van der Waals surface area (Å²) in [6, 6.07) is 9.53. The summed E-state index contributed by atoms with van der Waals surface area (Å²) in [6.45, 7) is 7.05. The van der Waals surface area contributed by atoms with Crippen LogP contribution in [0.25, 0.3) is 0 Å². The van der Waals surface area contributed by atoms with Gasteiger partial charge in [0, 0.05) is 18.4 Å². The summed E-state index contributed by atoms with van der Waals surface area (Å²) >= 11 is 0. The van der Waals surface area contributed by atoms with Crippen molar-refractivity contribution in [3.63, 3.8) is 0 Å². The molecule has 0 aliphatic heterocycles. The van der Waals surface area contributed by atoms with E-state index < -0.39 is 5.54 Å². The Kier molecular flexibility index (Phi) is 4.12. The highest BCUT2D eigenvalue weighted by molar-refractivity contribution is 5.22. The molecule has 0 saturated heterocycles. The largest absolute Gasteiger partial charge is 0.485 e. The summed E-state index contributed by atoms with van der Waals surface area (Å²) in [5, 5.41) is 3.98. The number of nitrogens with zero attached hydrogens (tertiary/aromatic N) is 2. The number of nitrogens with two attached hydrogens (primary N) is 1. The molecule has 1 fully saturated rings. The van der Waals surface area contributed by atoms with Gasteiger partial charge in [0.05, 0.1) is 6.10 Å². The highest BCUT2D eigenvalue weighted by Gasteiger charge is 2.62. The maximum atomic E-state index is 6.53. The first-order valence-corrected chi connectivity index (χ1v) is 7.89. The van der Waals surface area contributed by atoms with Crippen LogP contribution in [0.2, 0.25) is 0 Å². The van der Waals surface area contributed by atoms with Crippen LogP contribution in [0, 0.1) is 5.41 Å². The summed E-state index contributed by atoms with van der Waals surface area (Å²) in [5.74, 6) is 1.70. The van der Waals surface area contributed by atoms with Crippen LogP contribution in [0.4, 0.5) is 0 Å². The van der Waals surface area contributed by atoms with Crippen molar-refractivity contribution in [1.29, 1.82) is 0 Å². The maximum Gasteiger partial charge on any atom is 0.247 e. The van der Waals surface area contributed by atoms with Crippen LogP contribution in [0.5, 0.6) is 5.75 Å². The third kappa shape index (κ3) is 2.72. The predicted octanol–water partition coefficient (Wildman–Crippen LogP) is 2.64. The Morgan fingerprint density at radius 3 is 2.70 bits per heavy atom. The number of para-hydroxylation sites is 1. The molecule has 6 nitrogen and oxygen atoms in total. The SMILES string of the molecule is CCOC1CC(N)(c2nc(COc3ccccc3)no2)C1(C)C. The van der Waals surface area contributed by atoms with Gasteiger partial charge in [-0.3, -0.25) is 0 Å². The molecule has 2 N–H and O–H groups in total. The van der Waals surface area contributed by atoms with E-state index in [1.807, 2.05) is 37.3 Å². The lowest BCUT2D eigenvalue weighted by Gasteiger charge is -2.56. The standard InChI is InChI=1S/C17H23N3O3/c1-4-21-13-10-17(18,16(13,2)3)15-19-14(20-23-15)11-22-12-8-6-5-7-9-12/h5-9,13H,4,10-11,18H2,1-3H3. The van der Waals surface area contributed by atoms with Gasteiger partial charge in [0.2, 0.25) is 11.7 Å². The number of rotatable bonds is 6. The third-order valence-electron chi connectivity index (χ3n) is 4.79. The second-order valence-corrected chi connectivity index (χ2v) is 6.46. The molecule has 1 heterocycles. The van der Waals surface area contributed by atoms with Crippen molar-refractivity contribution in [3.8, 4) is 5.75 Å². The Hall–Kier alpha value is -1.92. The number of benzene rings is 1. The molecule has 3 rings (SSSR count). The average Bonchev–Trinajstić information content (AvgIpc) is 3.03. The Balaban J connectivity index is 1.67. The molecule has 1 aromatic heterocycles. The average molecular weight is 317 g/mol. The van der Waals surface area contributed by atoms with Gasteiger partial charge in [-0.25, -0.2) is 0 Å². The Morgan fingerprint density at radius 1 is 1.30 bits per heavy atom. The smallest absolute Gasteiger partial charge is 0.247 e. The van der Waals surface area contributed by atoms with Gasteiger partial charge < -0.3 is 19.7 Å². The first kappa shape index (κ1) is 16.0. The second kappa shape index (κ2) is 5.94. The molecule has 0 radical (unpaired) electrons. The fourth-order valence-corrected chi connectivity index (χ4v) is 2.96. The van der Waals surface area contributed by atoms with Gasteiger partial charge in [-0.15, -0.1) is 0 Å². The lowest BCUT2D eigenvalue weighted by Crippen LogP contribution is -2.67. The topological polar surface area (TPSA) is 83.4 Å². The van der Waals surface area contributed by atoms with Crippen molar-refractivity contribution in [1.82, 2.24) is 10.1 Å². The minimum absolute atomic E-state index is 0.105. The van der Waals surface area contributed by atoms with Crippen LogP contribution in [-0.2, 0) is 16.9 Å². The van der Waals surface area contributed by atoms with Crippen LogP contribution < -0.4 is 10.5 Å². The van der Waals surface area contributed by atoms with Crippen molar-refractivity contribution >= 4 is 0 Å². The van der Waals surface area contributed by atoms with Crippen LogP contribution in [0.3, 0.4) is 0 Å². The highest BCUT2D eigenvalue weighted by Crippen LogP contribution is 2.55. The first-order valence-electron chi connectivity index (χ1n) is 7.89. The first-order chi connectivity index (χ1) is 11.0. The zero-order valence-electron chi connectivity index (χ0n) is 13.8. The van der Waals surface area contributed by atoms with Crippen molar-refractivity contribution in [2.24, 2.45) is 11.1 Å². The summed E-state index contributed by atoms with van der Waals surface area (Å²) < 4.78 is 16.8. The molecule has 1 aliphatic carbocycles. The van der Waals surface area contributed by atoms with Crippen molar-refractivity contribution in [2.45, 2.75) is 45.4 Å². The van der Waals surface area contributed by atoms with Gasteiger partial charge in [0.25, 0.3) is 0 Å². The van der Waals surface area contributed by atoms with E-state index in [-0.39, 0.29) is 18.1 Å². The molecule has 23 heavy (non-hydrogen) atoms. The molecule has 0 bridgehead atoms. The Bertz CT molecular complexity index is 656. The number of aromatic nitrogens is 2. The lowest BCUT2D eigenvalue weighted by atomic mass is 9.54. The van der Waals surface area contributed by atoms with Gasteiger partial charge in [-0.2, -0.15) is 4.98 Å². The molecular formula is C17H23N3O3. The zero-order chi connectivity index (χ0) is 16.5. The van der Waals surface area contributed by atoms with Gasteiger partial charge in [-0.1, -0.05) is 37.2 Å². The van der Waals surface area contributed by atoms with Crippen LogP contribution in [0.15, 0.2) is 34.9 Å². The molecule has 1 aliphatic rings. The molecule has 0 spiro atoms. The third-order valence-corrected chi connectivity index (χ3v) is 4.79. The van der Waals surface area contributed by atoms with Gasteiger partial charge in [0.15, 0.2) is 6.61 Å². The normalized spacial score (nSPS) is 25.8. The minimum atomic E-state index is -0.662. The summed E-state index contributed by atoms with van der Waals surface area (Å²) in [5.41, 5.74) is 5.61. The van der Waals surface area contributed by atoms with Crippen molar-refractivity contribution in [3.05, 3.63) is 42.0 Å². The van der Waals surface area contributed by atoms with Crippen LogP contribution in [-0.4, -0.2) is 22.9 Å². The Morgan fingerprint density at radius 2 is 2.04 bits per heavy atom. The quantitative estimate of drug-likeness (QED) is 0.882. The summed E-state index contributed by atoms with van der Waals surface area (Å²) in [7, 11) is 0. The Labute approximate surface area is 136 Å². The van der Waals surface area contributed by atoms with Crippen molar-refractivity contribution < 1.29 is 14.0 Å². The van der Waals surface area contributed by atoms with Crippen LogP contribution in [0.1, 0.15) is 38.9 Å². The van der Waals surface area contributed by atoms with E-state index >= 15 is 0 Å². The monoisotopic (exact) mass is 317 g/mol.